The first-order valence-electron chi connectivity index (χ1n) is 23.8. The van der Waals surface area contributed by atoms with E-state index in [1.807, 2.05) is 0 Å². The average Bonchev–Trinajstić information content (AvgIpc) is 3.19. The van der Waals surface area contributed by atoms with Crippen LogP contribution in [0.15, 0.2) is 60.8 Å². The third-order valence-electron chi connectivity index (χ3n) is 10.4. The molecule has 0 heterocycles. The molecule has 0 saturated heterocycles. The monoisotopic (exact) mass is 828 g/mol. The highest BCUT2D eigenvalue weighted by molar-refractivity contribution is 5.70. The topological polar surface area (TPSA) is 102 Å². The van der Waals surface area contributed by atoms with Gasteiger partial charge in [-0.25, -0.2) is 0 Å². The molecular weight excluding hydrogens is 739 g/mol. The van der Waals surface area contributed by atoms with Gasteiger partial charge < -0.3 is 28.6 Å². The minimum atomic E-state index is -1.13. The molecule has 0 amide bonds. The minimum Gasteiger partial charge on any atom is -0.544 e. The quantitative estimate of drug-likeness (QED) is 0.0261. The predicted molar refractivity (Wildman–Crippen MR) is 245 cm³/mol. The number of nitrogens with zero attached hydrogens (tertiary/aromatic N) is 1. The normalized spacial score (nSPS) is 13.4. The maximum atomic E-state index is 12.7. The highest BCUT2D eigenvalue weighted by Crippen LogP contribution is 2.14. The Balaban J connectivity index is 4.29. The Hall–Kier alpha value is -2.97. The lowest BCUT2D eigenvalue weighted by atomic mass is 10.1. The van der Waals surface area contributed by atoms with Crippen LogP contribution in [-0.4, -0.2) is 75.5 Å². The molecule has 0 fully saturated rings. The van der Waals surface area contributed by atoms with Gasteiger partial charge in [-0.1, -0.05) is 158 Å². The van der Waals surface area contributed by atoms with Crippen LogP contribution in [0.1, 0.15) is 194 Å². The molecule has 2 unspecified atom stereocenters. The predicted octanol–water partition coefficient (Wildman–Crippen LogP) is 12.0. The molecule has 8 heteroatoms. The van der Waals surface area contributed by atoms with Crippen LogP contribution in [0, 0.1) is 0 Å². The number of aliphatic carboxylic acids is 1. The number of carbonyl (C=O) groups excluding carboxylic acids is 3. The van der Waals surface area contributed by atoms with Crippen molar-refractivity contribution in [1.82, 2.24) is 0 Å². The van der Waals surface area contributed by atoms with E-state index in [1.54, 1.807) is 21.1 Å². The molecule has 0 N–H and O–H groups in total. The first-order chi connectivity index (χ1) is 28.6. The number of unbranched alkanes of at least 4 members (excludes halogenated alkanes) is 18. The summed E-state index contributed by atoms with van der Waals surface area (Å²) in [6, 6.07) is -0.735. The van der Waals surface area contributed by atoms with Gasteiger partial charge >= 0.3 is 11.9 Å². The zero-order valence-electron chi connectivity index (χ0n) is 38.7. The van der Waals surface area contributed by atoms with Crippen molar-refractivity contribution >= 4 is 17.9 Å². The highest BCUT2D eigenvalue weighted by atomic mass is 16.6. The van der Waals surface area contributed by atoms with Crippen molar-refractivity contribution in [3.63, 3.8) is 0 Å². The maximum Gasteiger partial charge on any atom is 0.306 e. The van der Waals surface area contributed by atoms with Crippen molar-refractivity contribution in [2.75, 3.05) is 41.0 Å². The number of rotatable bonds is 42. The summed E-state index contributed by atoms with van der Waals surface area (Å²) in [5.41, 5.74) is 0. The fourth-order valence-electron chi connectivity index (χ4n) is 6.70. The van der Waals surface area contributed by atoms with Gasteiger partial charge in [-0.05, 0) is 77.0 Å². The fraction of sp³-hybridized carbons (Fsp3) is 0.745. The van der Waals surface area contributed by atoms with Crippen LogP contribution in [-0.2, 0) is 28.6 Å². The lowest BCUT2D eigenvalue weighted by molar-refractivity contribution is -0.889. The van der Waals surface area contributed by atoms with Crippen molar-refractivity contribution < 1.29 is 38.2 Å². The Labute approximate surface area is 362 Å². The van der Waals surface area contributed by atoms with Gasteiger partial charge in [-0.2, -0.15) is 0 Å². The van der Waals surface area contributed by atoms with E-state index in [2.05, 4.69) is 74.6 Å². The molecule has 0 aliphatic rings. The number of allylic oxidation sites excluding steroid dienone is 10. The van der Waals surface area contributed by atoms with E-state index < -0.39 is 18.1 Å². The second-order valence-electron chi connectivity index (χ2n) is 17.0. The van der Waals surface area contributed by atoms with Crippen LogP contribution >= 0.6 is 0 Å². The molecule has 0 rings (SSSR count). The van der Waals surface area contributed by atoms with Crippen LogP contribution in [0.5, 0.6) is 0 Å². The number of carboxylic acids is 1. The van der Waals surface area contributed by atoms with E-state index in [9.17, 15) is 19.5 Å². The summed E-state index contributed by atoms with van der Waals surface area (Å²) in [6.07, 6.45) is 51.2. The SMILES string of the molecule is CC/C=C/C/C=C/C/C=C/CCCCC(=O)OCC(COCCC(C(=O)[O-])[N+](C)(C)C)OC(=O)CCCCCCCCC/C=C/C/C=C/CCCCCCCCCCC. The standard InChI is InChI=1S/C51H89NO7/c1-6-8-10-12-14-16-18-20-21-22-23-24-25-26-27-28-29-30-32-34-36-38-40-42-50(54)59-47(45-57-44-43-48(51(55)56)52(3,4)5)46-58-49(53)41-39-37-35-33-31-19-17-15-13-11-9-7-2/h9,11,15,17,23-24,26-27,31,33,47-48H,6-8,10,12-14,16,18-22,25,28-30,32,34-46H2,1-5H3/b11-9+,17-15+,24-23+,27-26+,33-31+. The third-order valence-corrected chi connectivity index (χ3v) is 10.4. The number of ether oxygens (including phenoxy) is 3. The van der Waals surface area contributed by atoms with E-state index in [1.165, 1.54) is 83.5 Å². The number of carbonyl (C=O) groups is 3. The molecule has 8 nitrogen and oxygen atoms in total. The summed E-state index contributed by atoms with van der Waals surface area (Å²) >= 11 is 0. The Morgan fingerprint density at radius 2 is 0.949 bits per heavy atom. The Morgan fingerprint density at radius 1 is 0.525 bits per heavy atom. The first kappa shape index (κ1) is 56.0. The van der Waals surface area contributed by atoms with Crippen molar-refractivity contribution in [2.24, 2.45) is 0 Å². The highest BCUT2D eigenvalue weighted by Gasteiger charge is 2.25. The molecular formula is C51H89NO7. The molecule has 0 radical (unpaired) electrons. The van der Waals surface area contributed by atoms with Gasteiger partial charge in [0, 0.05) is 19.3 Å². The number of esters is 2. The second-order valence-corrected chi connectivity index (χ2v) is 17.0. The zero-order valence-corrected chi connectivity index (χ0v) is 38.7. The number of likely N-dealkylation sites (N-methyl/N-ethyl adjacent to an activating group) is 1. The van der Waals surface area contributed by atoms with Gasteiger partial charge in [0.2, 0.25) is 0 Å². The summed E-state index contributed by atoms with van der Waals surface area (Å²) in [4.78, 5) is 36.9. The van der Waals surface area contributed by atoms with Crippen LogP contribution < -0.4 is 5.11 Å². The summed E-state index contributed by atoms with van der Waals surface area (Å²) in [5, 5.41) is 11.6. The second kappa shape index (κ2) is 41.8. The molecule has 2 atom stereocenters. The van der Waals surface area contributed by atoms with Crippen LogP contribution in [0.3, 0.4) is 0 Å². The number of hydrogen-bond acceptors (Lipinski definition) is 7. The molecule has 340 valence electrons. The van der Waals surface area contributed by atoms with Gasteiger partial charge in [0.25, 0.3) is 0 Å². The van der Waals surface area contributed by atoms with E-state index in [-0.39, 0.29) is 42.7 Å². The number of quaternary nitrogens is 1. The molecule has 0 saturated carbocycles. The van der Waals surface area contributed by atoms with Gasteiger partial charge in [0.05, 0.1) is 40.3 Å². The van der Waals surface area contributed by atoms with Gasteiger partial charge in [0.15, 0.2) is 6.10 Å². The van der Waals surface area contributed by atoms with Crippen LogP contribution in [0.25, 0.3) is 0 Å². The average molecular weight is 828 g/mol. The minimum absolute atomic E-state index is 0.0232. The molecule has 0 spiro atoms. The van der Waals surface area contributed by atoms with E-state index in [0.29, 0.717) is 19.3 Å². The number of carboxylic acid groups (broad SMARTS) is 1. The van der Waals surface area contributed by atoms with Gasteiger partial charge in [-0.15, -0.1) is 0 Å². The molecule has 0 bridgehead atoms. The Kier molecular flexibility index (Phi) is 39.6. The smallest absolute Gasteiger partial charge is 0.306 e. The van der Waals surface area contributed by atoms with Crippen molar-refractivity contribution in [1.29, 1.82) is 0 Å². The number of hydrogen-bond donors (Lipinski definition) is 0. The van der Waals surface area contributed by atoms with E-state index >= 15 is 0 Å². The molecule has 0 aliphatic carbocycles. The lowest BCUT2D eigenvalue weighted by Gasteiger charge is -2.34. The van der Waals surface area contributed by atoms with Crippen molar-refractivity contribution in [3.8, 4) is 0 Å². The maximum absolute atomic E-state index is 12.7. The molecule has 0 aromatic carbocycles. The van der Waals surface area contributed by atoms with E-state index in [4.69, 9.17) is 14.2 Å². The van der Waals surface area contributed by atoms with Gasteiger partial charge in [-0.3, -0.25) is 9.59 Å². The largest absolute Gasteiger partial charge is 0.544 e. The molecule has 59 heavy (non-hydrogen) atoms. The van der Waals surface area contributed by atoms with Crippen LogP contribution in [0.2, 0.25) is 0 Å². The summed E-state index contributed by atoms with van der Waals surface area (Å²) in [6.45, 7) is 4.49. The van der Waals surface area contributed by atoms with Crippen LogP contribution in [0.4, 0.5) is 0 Å². The van der Waals surface area contributed by atoms with Crippen molar-refractivity contribution in [2.45, 2.75) is 206 Å². The third kappa shape index (κ3) is 40.2. The summed E-state index contributed by atoms with van der Waals surface area (Å²) < 4.78 is 17.1. The van der Waals surface area contributed by atoms with Gasteiger partial charge in [0.1, 0.15) is 12.6 Å². The Bertz CT molecular complexity index is 1150. The van der Waals surface area contributed by atoms with E-state index in [0.717, 1.165) is 70.6 Å². The van der Waals surface area contributed by atoms with Crippen molar-refractivity contribution in [3.05, 3.63) is 60.8 Å². The molecule has 0 aromatic heterocycles. The first-order valence-corrected chi connectivity index (χ1v) is 23.8. The fourth-order valence-corrected chi connectivity index (χ4v) is 6.70. The Morgan fingerprint density at radius 3 is 1.44 bits per heavy atom. The molecule has 0 aliphatic heterocycles. The molecule has 0 aromatic rings. The lowest BCUT2D eigenvalue weighted by Crippen LogP contribution is -2.55. The summed E-state index contributed by atoms with van der Waals surface area (Å²) in [7, 11) is 5.39. The summed E-state index contributed by atoms with van der Waals surface area (Å²) in [5.74, 6) is -1.80. The zero-order chi connectivity index (χ0) is 43.5.